The molecule has 3 rings (SSSR count). The van der Waals surface area contributed by atoms with Gasteiger partial charge in [0.2, 0.25) is 11.8 Å². The second-order valence-corrected chi connectivity index (χ2v) is 7.10. The van der Waals surface area contributed by atoms with Crippen LogP contribution < -0.4 is 9.64 Å². The highest BCUT2D eigenvalue weighted by Crippen LogP contribution is 2.21. The van der Waals surface area contributed by atoms with Gasteiger partial charge in [-0.15, -0.1) is 0 Å². The highest BCUT2D eigenvalue weighted by atomic mass is 16.5. The molecule has 1 fully saturated rings. The van der Waals surface area contributed by atoms with E-state index in [4.69, 9.17) is 4.74 Å². The van der Waals surface area contributed by atoms with Crippen molar-refractivity contribution in [3.05, 3.63) is 29.7 Å². The van der Waals surface area contributed by atoms with Gasteiger partial charge in [-0.1, -0.05) is 20.8 Å². The molecular weight excluding hydrogens is 320 g/mol. The van der Waals surface area contributed by atoms with Crippen LogP contribution in [-0.4, -0.2) is 64.3 Å². The standard InChI is InChI=1S/C17H24N6O2/c1-17(2,3)13-11-12(20-21-13)15(24)22-7-9-23(10-8-22)16-18-6-5-14(19-16)25-4/h5-6,11H,7-10H2,1-4H3,(H,20,21). The van der Waals surface area contributed by atoms with Crippen LogP contribution in [-0.2, 0) is 5.41 Å². The average Bonchev–Trinajstić information content (AvgIpc) is 3.12. The van der Waals surface area contributed by atoms with Crippen LogP contribution in [0.25, 0.3) is 0 Å². The molecule has 0 aliphatic carbocycles. The van der Waals surface area contributed by atoms with Crippen molar-refractivity contribution in [3.8, 4) is 5.88 Å². The van der Waals surface area contributed by atoms with E-state index in [2.05, 4.69) is 45.8 Å². The lowest BCUT2D eigenvalue weighted by molar-refractivity contribution is 0.0740. The largest absolute Gasteiger partial charge is 0.481 e. The van der Waals surface area contributed by atoms with E-state index in [0.29, 0.717) is 43.7 Å². The zero-order valence-corrected chi connectivity index (χ0v) is 15.1. The van der Waals surface area contributed by atoms with Crippen LogP contribution in [0.2, 0.25) is 0 Å². The van der Waals surface area contributed by atoms with Crippen LogP contribution in [0.1, 0.15) is 37.0 Å². The van der Waals surface area contributed by atoms with Crippen LogP contribution >= 0.6 is 0 Å². The Morgan fingerprint density at radius 2 is 1.96 bits per heavy atom. The summed E-state index contributed by atoms with van der Waals surface area (Å²) in [5.41, 5.74) is 1.36. The fourth-order valence-corrected chi connectivity index (χ4v) is 2.69. The van der Waals surface area contributed by atoms with Crippen LogP contribution in [0.5, 0.6) is 5.88 Å². The van der Waals surface area contributed by atoms with E-state index in [-0.39, 0.29) is 11.3 Å². The zero-order valence-electron chi connectivity index (χ0n) is 15.1. The average molecular weight is 344 g/mol. The predicted molar refractivity (Wildman–Crippen MR) is 94.0 cm³/mol. The molecule has 2 aromatic heterocycles. The molecule has 0 radical (unpaired) electrons. The van der Waals surface area contributed by atoms with E-state index < -0.39 is 0 Å². The number of amides is 1. The fraction of sp³-hybridized carbons (Fsp3) is 0.529. The number of nitrogens with zero attached hydrogens (tertiary/aromatic N) is 5. The van der Waals surface area contributed by atoms with Crippen molar-refractivity contribution in [2.45, 2.75) is 26.2 Å². The van der Waals surface area contributed by atoms with Gasteiger partial charge in [0.05, 0.1) is 7.11 Å². The molecule has 1 amide bonds. The molecule has 2 aromatic rings. The lowest BCUT2D eigenvalue weighted by atomic mass is 9.92. The molecule has 8 nitrogen and oxygen atoms in total. The Balaban J connectivity index is 1.63. The van der Waals surface area contributed by atoms with Gasteiger partial charge in [0.1, 0.15) is 5.69 Å². The Morgan fingerprint density at radius 3 is 2.56 bits per heavy atom. The maximum absolute atomic E-state index is 12.7. The van der Waals surface area contributed by atoms with Gasteiger partial charge < -0.3 is 14.5 Å². The molecule has 0 atom stereocenters. The third kappa shape index (κ3) is 3.72. The first-order valence-electron chi connectivity index (χ1n) is 8.35. The first kappa shape index (κ1) is 17.2. The monoisotopic (exact) mass is 344 g/mol. The Bertz CT molecular complexity index is 744. The summed E-state index contributed by atoms with van der Waals surface area (Å²) in [4.78, 5) is 25.2. The Kier molecular flexibility index (Phi) is 4.61. The van der Waals surface area contributed by atoms with Gasteiger partial charge in [-0.05, 0) is 6.07 Å². The predicted octanol–water partition coefficient (Wildman–Crippen LogP) is 1.47. The van der Waals surface area contributed by atoms with E-state index in [0.717, 1.165) is 5.69 Å². The maximum atomic E-state index is 12.7. The summed E-state index contributed by atoms with van der Waals surface area (Å²) in [5.74, 6) is 1.12. The number of piperazine rings is 1. The summed E-state index contributed by atoms with van der Waals surface area (Å²) < 4.78 is 5.14. The molecule has 0 aromatic carbocycles. The van der Waals surface area contributed by atoms with Crippen molar-refractivity contribution in [3.63, 3.8) is 0 Å². The van der Waals surface area contributed by atoms with Crippen LogP contribution in [0.15, 0.2) is 18.3 Å². The van der Waals surface area contributed by atoms with Gasteiger partial charge in [-0.2, -0.15) is 10.1 Å². The molecule has 8 heteroatoms. The minimum Gasteiger partial charge on any atom is -0.481 e. The number of nitrogens with one attached hydrogen (secondary N) is 1. The number of hydrogen-bond donors (Lipinski definition) is 1. The van der Waals surface area contributed by atoms with Gasteiger partial charge >= 0.3 is 0 Å². The summed E-state index contributed by atoms with van der Waals surface area (Å²) in [7, 11) is 1.58. The SMILES string of the molecule is COc1ccnc(N2CCN(C(=O)c3cc(C(C)(C)C)[nH]n3)CC2)n1. The molecule has 0 bridgehead atoms. The molecule has 1 N–H and O–H groups in total. The molecule has 1 saturated heterocycles. The van der Waals surface area contributed by atoms with Gasteiger partial charge in [-0.25, -0.2) is 4.98 Å². The summed E-state index contributed by atoms with van der Waals surface area (Å²) in [6.07, 6.45) is 1.68. The summed E-state index contributed by atoms with van der Waals surface area (Å²) in [5, 5.41) is 7.16. The topological polar surface area (TPSA) is 87.2 Å². The highest BCUT2D eigenvalue weighted by Gasteiger charge is 2.26. The van der Waals surface area contributed by atoms with E-state index >= 15 is 0 Å². The normalized spacial score (nSPS) is 15.4. The quantitative estimate of drug-likeness (QED) is 0.907. The molecule has 1 aliphatic heterocycles. The minimum absolute atomic E-state index is 0.0436. The number of anilines is 1. The van der Waals surface area contributed by atoms with Gasteiger partial charge in [-0.3, -0.25) is 9.89 Å². The van der Waals surface area contributed by atoms with E-state index in [1.807, 2.05) is 11.0 Å². The summed E-state index contributed by atoms with van der Waals surface area (Å²) >= 11 is 0. The van der Waals surface area contributed by atoms with Crippen molar-refractivity contribution >= 4 is 11.9 Å². The second-order valence-electron chi connectivity index (χ2n) is 7.10. The smallest absolute Gasteiger partial charge is 0.274 e. The van der Waals surface area contributed by atoms with Gasteiger partial charge in [0.25, 0.3) is 5.91 Å². The number of rotatable bonds is 3. The molecule has 1 aliphatic rings. The number of carbonyl (C=O) groups is 1. The Morgan fingerprint density at radius 1 is 1.24 bits per heavy atom. The first-order valence-corrected chi connectivity index (χ1v) is 8.35. The summed E-state index contributed by atoms with van der Waals surface area (Å²) in [6, 6.07) is 3.56. The van der Waals surface area contributed by atoms with E-state index in [1.54, 1.807) is 19.4 Å². The Hall–Kier alpha value is -2.64. The van der Waals surface area contributed by atoms with Crippen molar-refractivity contribution in [2.24, 2.45) is 0 Å². The maximum Gasteiger partial charge on any atom is 0.274 e. The lowest BCUT2D eigenvalue weighted by Crippen LogP contribution is -2.49. The number of ether oxygens (including phenoxy) is 1. The Labute approximate surface area is 147 Å². The molecule has 3 heterocycles. The van der Waals surface area contributed by atoms with E-state index in [9.17, 15) is 4.79 Å². The number of H-pyrrole nitrogens is 1. The molecule has 134 valence electrons. The molecule has 0 unspecified atom stereocenters. The molecule has 25 heavy (non-hydrogen) atoms. The zero-order chi connectivity index (χ0) is 18.0. The third-order valence-corrected chi connectivity index (χ3v) is 4.28. The number of aromatic amines is 1. The number of aromatic nitrogens is 4. The van der Waals surface area contributed by atoms with Crippen LogP contribution in [0.4, 0.5) is 5.95 Å². The second kappa shape index (κ2) is 6.70. The minimum atomic E-state index is -0.0616. The van der Waals surface area contributed by atoms with Crippen molar-refractivity contribution in [1.29, 1.82) is 0 Å². The molecular formula is C17H24N6O2. The fourth-order valence-electron chi connectivity index (χ4n) is 2.69. The van der Waals surface area contributed by atoms with Gasteiger partial charge in [0.15, 0.2) is 0 Å². The summed E-state index contributed by atoms with van der Waals surface area (Å²) in [6.45, 7) is 8.82. The number of methoxy groups -OCH3 is 1. The van der Waals surface area contributed by atoms with Crippen molar-refractivity contribution in [2.75, 3.05) is 38.2 Å². The van der Waals surface area contributed by atoms with E-state index in [1.165, 1.54) is 0 Å². The highest BCUT2D eigenvalue weighted by molar-refractivity contribution is 5.92. The number of hydrogen-bond acceptors (Lipinski definition) is 6. The van der Waals surface area contributed by atoms with Crippen molar-refractivity contribution < 1.29 is 9.53 Å². The third-order valence-electron chi connectivity index (χ3n) is 4.28. The van der Waals surface area contributed by atoms with Crippen LogP contribution in [0, 0.1) is 0 Å². The lowest BCUT2D eigenvalue weighted by Gasteiger charge is -2.34. The number of carbonyl (C=O) groups excluding carboxylic acids is 1. The van der Waals surface area contributed by atoms with Gasteiger partial charge in [0, 0.05) is 49.6 Å². The molecule has 0 spiro atoms. The van der Waals surface area contributed by atoms with Crippen molar-refractivity contribution in [1.82, 2.24) is 25.1 Å². The molecule has 0 saturated carbocycles. The first-order chi connectivity index (χ1) is 11.9. The van der Waals surface area contributed by atoms with Crippen LogP contribution in [0.3, 0.4) is 0 Å².